The fraction of sp³-hybridized carbons (Fsp3) is 0.350. The lowest BCUT2D eigenvalue weighted by Gasteiger charge is -2.31. The zero-order valence-electron chi connectivity index (χ0n) is 13.3. The molecule has 3 rings (SSSR count). The Hall–Kier alpha value is -1.84. The molecule has 0 spiro atoms. The molecule has 1 aliphatic carbocycles. The molecule has 0 amide bonds. The zero-order valence-corrected chi connectivity index (χ0v) is 14.2. The molecule has 23 heavy (non-hydrogen) atoms. The molecule has 1 atom stereocenters. The smallest absolute Gasteiger partial charge is 0.122 e. The van der Waals surface area contributed by atoms with Crippen LogP contribution in [0.25, 0.3) is 0 Å². The van der Waals surface area contributed by atoms with Gasteiger partial charge in [0, 0.05) is 17.1 Å². The maximum absolute atomic E-state index is 14.1. The SMILES string of the molecule is N#Cc1ccc(P(=O)(Cc2ccccc2)C2CCCCC2)cc1. The summed E-state index contributed by atoms with van der Waals surface area (Å²) >= 11 is 0. The Labute approximate surface area is 138 Å². The lowest BCUT2D eigenvalue weighted by atomic mass is 10.0. The number of rotatable bonds is 4. The van der Waals surface area contributed by atoms with Crippen LogP contribution in [0.15, 0.2) is 54.6 Å². The van der Waals surface area contributed by atoms with Gasteiger partial charge in [-0.05, 0) is 30.5 Å². The van der Waals surface area contributed by atoms with Crippen molar-refractivity contribution in [1.29, 1.82) is 5.26 Å². The molecule has 0 heterocycles. The molecule has 2 nitrogen and oxygen atoms in total. The summed E-state index contributed by atoms with van der Waals surface area (Å²) < 4.78 is 14.1. The van der Waals surface area contributed by atoms with Gasteiger partial charge in [-0.3, -0.25) is 0 Å². The van der Waals surface area contributed by atoms with E-state index in [-0.39, 0.29) is 5.66 Å². The highest BCUT2D eigenvalue weighted by Gasteiger charge is 2.35. The Morgan fingerprint density at radius 2 is 1.61 bits per heavy atom. The third-order valence-corrected chi connectivity index (χ3v) is 8.56. The van der Waals surface area contributed by atoms with E-state index in [1.54, 1.807) is 12.1 Å². The van der Waals surface area contributed by atoms with Crippen LogP contribution in [-0.4, -0.2) is 5.66 Å². The normalized spacial score (nSPS) is 18.0. The summed E-state index contributed by atoms with van der Waals surface area (Å²) in [5.41, 5.74) is 2.05. The lowest BCUT2D eigenvalue weighted by molar-refractivity contribution is 0.486. The maximum Gasteiger partial charge on any atom is 0.122 e. The molecule has 0 aliphatic heterocycles. The molecule has 3 heteroatoms. The van der Waals surface area contributed by atoms with E-state index in [0.29, 0.717) is 11.7 Å². The minimum absolute atomic E-state index is 0.282. The monoisotopic (exact) mass is 323 g/mol. The first-order valence-corrected chi connectivity index (χ1v) is 10.3. The molecule has 0 bridgehead atoms. The molecule has 0 aromatic heterocycles. The molecule has 1 unspecified atom stereocenters. The van der Waals surface area contributed by atoms with Gasteiger partial charge in [0.15, 0.2) is 0 Å². The molecule has 0 saturated heterocycles. The Morgan fingerprint density at radius 3 is 2.22 bits per heavy atom. The molecule has 2 aromatic rings. The minimum atomic E-state index is -2.51. The van der Waals surface area contributed by atoms with E-state index in [0.717, 1.165) is 23.7 Å². The van der Waals surface area contributed by atoms with Crippen molar-refractivity contribution in [1.82, 2.24) is 0 Å². The third kappa shape index (κ3) is 3.57. The maximum atomic E-state index is 14.1. The van der Waals surface area contributed by atoms with Gasteiger partial charge in [0.25, 0.3) is 0 Å². The average molecular weight is 323 g/mol. The highest BCUT2D eigenvalue weighted by atomic mass is 31.2. The van der Waals surface area contributed by atoms with Crippen LogP contribution in [0.2, 0.25) is 0 Å². The summed E-state index contributed by atoms with van der Waals surface area (Å²) in [6.07, 6.45) is 6.37. The summed E-state index contributed by atoms with van der Waals surface area (Å²) in [7, 11) is -2.51. The van der Waals surface area contributed by atoms with E-state index in [4.69, 9.17) is 5.26 Å². The molecule has 1 fully saturated rings. The lowest BCUT2D eigenvalue weighted by Crippen LogP contribution is -2.21. The van der Waals surface area contributed by atoms with Gasteiger partial charge in [0.1, 0.15) is 7.14 Å². The van der Waals surface area contributed by atoms with E-state index >= 15 is 0 Å². The second-order valence-corrected chi connectivity index (χ2v) is 9.54. The van der Waals surface area contributed by atoms with Gasteiger partial charge in [0.05, 0.1) is 11.6 Å². The molecule has 0 N–H and O–H groups in total. The third-order valence-electron chi connectivity index (χ3n) is 4.86. The van der Waals surface area contributed by atoms with Crippen LogP contribution < -0.4 is 5.30 Å². The molecular formula is C20H22NOP. The highest BCUT2D eigenvalue weighted by molar-refractivity contribution is 7.71. The predicted molar refractivity (Wildman–Crippen MR) is 95.4 cm³/mol. The summed E-state index contributed by atoms with van der Waals surface area (Å²) in [4.78, 5) is 0. The first-order chi connectivity index (χ1) is 11.2. The second-order valence-electron chi connectivity index (χ2n) is 6.39. The largest absolute Gasteiger partial charge is 0.318 e. The topological polar surface area (TPSA) is 40.9 Å². The first kappa shape index (κ1) is 16.0. The predicted octanol–water partition coefficient (Wildman–Crippen LogP) is 5.08. The Kier molecular flexibility index (Phi) is 4.99. The van der Waals surface area contributed by atoms with Crippen molar-refractivity contribution in [3.8, 4) is 6.07 Å². The molecular weight excluding hydrogens is 301 g/mol. The summed E-state index contributed by atoms with van der Waals surface area (Å²) in [5.74, 6) is 0. The Morgan fingerprint density at radius 1 is 0.957 bits per heavy atom. The van der Waals surface area contributed by atoms with Crippen LogP contribution in [0.3, 0.4) is 0 Å². The minimum Gasteiger partial charge on any atom is -0.318 e. The summed E-state index contributed by atoms with van der Waals surface area (Å²) in [6.45, 7) is 0. The first-order valence-electron chi connectivity index (χ1n) is 8.36. The van der Waals surface area contributed by atoms with Crippen molar-refractivity contribution in [3.05, 3.63) is 65.7 Å². The van der Waals surface area contributed by atoms with Crippen LogP contribution in [0.4, 0.5) is 0 Å². The van der Waals surface area contributed by atoms with Crippen molar-refractivity contribution >= 4 is 12.4 Å². The average Bonchev–Trinajstić information content (AvgIpc) is 2.63. The van der Waals surface area contributed by atoms with Crippen molar-refractivity contribution in [3.63, 3.8) is 0 Å². The quantitative estimate of drug-likeness (QED) is 0.736. The van der Waals surface area contributed by atoms with E-state index < -0.39 is 7.14 Å². The fourth-order valence-electron chi connectivity index (χ4n) is 3.57. The summed E-state index contributed by atoms with van der Waals surface area (Å²) in [5, 5.41) is 9.93. The fourth-order valence-corrected chi connectivity index (χ4v) is 7.04. The summed E-state index contributed by atoms with van der Waals surface area (Å²) in [6, 6.07) is 19.7. The molecule has 118 valence electrons. The number of hydrogen-bond acceptors (Lipinski definition) is 2. The molecule has 2 aromatic carbocycles. The number of hydrogen-bond donors (Lipinski definition) is 0. The van der Waals surface area contributed by atoms with Crippen molar-refractivity contribution in [2.24, 2.45) is 0 Å². The van der Waals surface area contributed by atoms with E-state index in [9.17, 15) is 4.57 Å². The standard InChI is InChI=1S/C20H22NOP/c21-15-17-11-13-20(14-12-17)23(22,19-9-5-2-6-10-19)16-18-7-3-1-4-8-18/h1,3-4,7-8,11-14,19H,2,5-6,9-10,16H2. The van der Waals surface area contributed by atoms with Crippen LogP contribution in [0, 0.1) is 11.3 Å². The van der Waals surface area contributed by atoms with Gasteiger partial charge in [-0.15, -0.1) is 0 Å². The van der Waals surface area contributed by atoms with Crippen molar-refractivity contribution < 1.29 is 4.57 Å². The number of nitriles is 1. The number of benzene rings is 2. The van der Waals surface area contributed by atoms with Gasteiger partial charge in [-0.25, -0.2) is 0 Å². The van der Waals surface area contributed by atoms with Crippen LogP contribution in [-0.2, 0) is 10.7 Å². The van der Waals surface area contributed by atoms with Gasteiger partial charge in [0.2, 0.25) is 0 Å². The van der Waals surface area contributed by atoms with Gasteiger partial charge in [-0.1, -0.05) is 61.7 Å². The molecule has 1 aliphatic rings. The Bertz CT molecular complexity index is 724. The molecule has 1 saturated carbocycles. The zero-order chi connectivity index (χ0) is 16.1. The van der Waals surface area contributed by atoms with E-state index in [2.05, 4.69) is 18.2 Å². The second kappa shape index (κ2) is 7.16. The van der Waals surface area contributed by atoms with Crippen molar-refractivity contribution in [2.45, 2.75) is 43.9 Å². The van der Waals surface area contributed by atoms with E-state index in [1.807, 2.05) is 30.3 Å². The van der Waals surface area contributed by atoms with Crippen LogP contribution in [0.5, 0.6) is 0 Å². The Balaban J connectivity index is 1.98. The van der Waals surface area contributed by atoms with Crippen molar-refractivity contribution in [2.75, 3.05) is 0 Å². The van der Waals surface area contributed by atoms with Crippen LogP contribution >= 0.6 is 7.14 Å². The molecule has 0 radical (unpaired) electrons. The van der Waals surface area contributed by atoms with E-state index in [1.165, 1.54) is 19.3 Å². The van der Waals surface area contributed by atoms with Gasteiger partial charge < -0.3 is 4.57 Å². The highest BCUT2D eigenvalue weighted by Crippen LogP contribution is 2.57. The van der Waals surface area contributed by atoms with Gasteiger partial charge >= 0.3 is 0 Å². The van der Waals surface area contributed by atoms with Crippen LogP contribution in [0.1, 0.15) is 43.2 Å². The number of nitrogens with zero attached hydrogens (tertiary/aromatic N) is 1. The van der Waals surface area contributed by atoms with Gasteiger partial charge in [-0.2, -0.15) is 5.26 Å².